The summed E-state index contributed by atoms with van der Waals surface area (Å²) in [7, 11) is -4.18. The molecule has 11 heavy (non-hydrogen) atoms. The molecule has 0 spiro atoms. The second kappa shape index (κ2) is 7.95. The van der Waals surface area contributed by atoms with E-state index in [1.807, 2.05) is 6.92 Å². The summed E-state index contributed by atoms with van der Waals surface area (Å²) in [5, 5.41) is 0. The molecule has 0 aromatic rings. The Morgan fingerprint density at radius 3 is 2.09 bits per heavy atom. The van der Waals surface area contributed by atoms with Gasteiger partial charge < -0.3 is 9.79 Å². The summed E-state index contributed by atoms with van der Waals surface area (Å²) < 4.78 is 13.9. The molecule has 0 rings (SSSR count). The highest BCUT2D eigenvalue weighted by atomic mass is 31.2. The Balaban J connectivity index is 0. The van der Waals surface area contributed by atoms with Crippen molar-refractivity contribution in [1.29, 1.82) is 0 Å². The molecule has 5 heteroatoms. The highest BCUT2D eigenvalue weighted by Gasteiger charge is 2.11. The van der Waals surface area contributed by atoms with Crippen LogP contribution in [0, 0.1) is 0 Å². The van der Waals surface area contributed by atoms with Gasteiger partial charge in [0.15, 0.2) is 0 Å². The van der Waals surface area contributed by atoms with Crippen LogP contribution in [0.4, 0.5) is 0 Å². The molecule has 0 radical (unpaired) electrons. The number of allylic oxidation sites excluding steroid dienone is 1. The van der Waals surface area contributed by atoms with Crippen LogP contribution in [0.3, 0.4) is 0 Å². The lowest BCUT2D eigenvalue weighted by Gasteiger charge is -2.00. The van der Waals surface area contributed by atoms with E-state index in [9.17, 15) is 4.57 Å². The van der Waals surface area contributed by atoms with Crippen LogP contribution in [0.2, 0.25) is 0 Å². The molecule has 0 aliphatic heterocycles. The second-order valence-corrected chi connectivity index (χ2v) is 2.97. The van der Waals surface area contributed by atoms with E-state index in [1.54, 1.807) is 13.0 Å². The first-order chi connectivity index (χ1) is 4.97. The Morgan fingerprint density at radius 1 is 1.64 bits per heavy atom. The van der Waals surface area contributed by atoms with Crippen molar-refractivity contribution in [3.8, 4) is 0 Å². The van der Waals surface area contributed by atoms with Crippen LogP contribution in [0.1, 0.15) is 20.3 Å². The number of rotatable bonds is 3. The van der Waals surface area contributed by atoms with E-state index in [1.165, 1.54) is 0 Å². The highest BCUT2D eigenvalue weighted by molar-refractivity contribution is 7.46. The van der Waals surface area contributed by atoms with E-state index in [2.05, 4.69) is 11.1 Å². The van der Waals surface area contributed by atoms with Gasteiger partial charge in [0.05, 0.1) is 6.61 Å². The minimum absolute atomic E-state index is 0.115. The smallest absolute Gasteiger partial charge is 0.303 e. The zero-order valence-electron chi connectivity index (χ0n) is 6.86. The molecule has 68 valence electrons. The van der Waals surface area contributed by atoms with Gasteiger partial charge in [-0.3, -0.25) is 4.52 Å². The molecule has 0 unspecified atom stereocenters. The van der Waals surface area contributed by atoms with Crippen molar-refractivity contribution in [3.63, 3.8) is 0 Å². The van der Waals surface area contributed by atoms with Crippen LogP contribution >= 0.6 is 7.82 Å². The molecule has 0 aromatic heterocycles. The maximum atomic E-state index is 9.86. The van der Waals surface area contributed by atoms with Gasteiger partial charge >= 0.3 is 7.82 Å². The van der Waals surface area contributed by atoms with E-state index in [0.29, 0.717) is 6.42 Å². The minimum atomic E-state index is -4.18. The van der Waals surface area contributed by atoms with Crippen LogP contribution in [-0.2, 0) is 9.09 Å². The first-order valence-electron chi connectivity index (χ1n) is 3.25. The van der Waals surface area contributed by atoms with E-state index in [0.717, 1.165) is 0 Å². The van der Waals surface area contributed by atoms with Crippen LogP contribution in [0.15, 0.2) is 12.7 Å². The average Bonchev–Trinajstić information content (AvgIpc) is 1.84. The number of phosphoric acid groups is 1. The quantitative estimate of drug-likeness (QED) is 0.515. The molecule has 0 atom stereocenters. The Kier molecular flexibility index (Phi) is 9.72. The maximum Gasteiger partial charge on any atom is 0.469 e. The molecule has 4 nitrogen and oxygen atoms in total. The van der Waals surface area contributed by atoms with Gasteiger partial charge in [-0.2, -0.15) is 0 Å². The van der Waals surface area contributed by atoms with Gasteiger partial charge in [-0.05, 0) is 13.3 Å². The molecule has 0 bridgehead atoms. The molecular formula is C6H15O4P. The fourth-order valence-electron chi connectivity index (χ4n) is 0.210. The summed E-state index contributed by atoms with van der Waals surface area (Å²) in [6.45, 7) is 7.14. The van der Waals surface area contributed by atoms with E-state index in [4.69, 9.17) is 9.79 Å². The van der Waals surface area contributed by atoms with Crippen molar-refractivity contribution in [1.82, 2.24) is 0 Å². The largest absolute Gasteiger partial charge is 0.469 e. The Hall–Kier alpha value is -0.150. The van der Waals surface area contributed by atoms with Gasteiger partial charge in [-0.25, -0.2) is 4.57 Å². The molecule has 0 heterocycles. The zero-order valence-corrected chi connectivity index (χ0v) is 7.75. The van der Waals surface area contributed by atoms with Gasteiger partial charge in [-0.15, -0.1) is 6.58 Å². The van der Waals surface area contributed by atoms with Crippen LogP contribution in [0.25, 0.3) is 0 Å². The summed E-state index contributed by atoms with van der Waals surface area (Å²) in [5.74, 6) is 0. The summed E-state index contributed by atoms with van der Waals surface area (Å²) in [4.78, 5) is 16.1. The molecule has 0 aromatic carbocycles. The second-order valence-electron chi connectivity index (χ2n) is 1.73. The van der Waals surface area contributed by atoms with Crippen molar-refractivity contribution >= 4 is 7.82 Å². The van der Waals surface area contributed by atoms with Gasteiger partial charge in [0, 0.05) is 0 Å². The lowest BCUT2D eigenvalue weighted by molar-refractivity contribution is 0.197. The first-order valence-corrected chi connectivity index (χ1v) is 4.78. The molecule has 0 saturated carbocycles. The standard InChI is InChI=1S/C3H9O4P.C3H6/c1-2-3-7-8(4,5)6;1-3-2/h2-3H2,1H3,(H2,4,5,6);3H,1H2,2H3. The fourth-order valence-corrected chi connectivity index (χ4v) is 0.631. The topological polar surface area (TPSA) is 66.8 Å². The predicted molar refractivity (Wildman–Crippen MR) is 44.2 cm³/mol. The Morgan fingerprint density at radius 2 is 2.00 bits per heavy atom. The number of hydrogen-bond acceptors (Lipinski definition) is 2. The van der Waals surface area contributed by atoms with E-state index < -0.39 is 7.82 Å². The lowest BCUT2D eigenvalue weighted by Crippen LogP contribution is -1.88. The lowest BCUT2D eigenvalue weighted by atomic mass is 10.5. The Bertz CT molecular complexity index is 129. The summed E-state index contributed by atoms with van der Waals surface area (Å²) >= 11 is 0. The molecule has 0 aliphatic rings. The molecule has 2 N–H and O–H groups in total. The zero-order chi connectivity index (χ0) is 9.33. The van der Waals surface area contributed by atoms with Crippen molar-refractivity contribution < 1.29 is 18.9 Å². The van der Waals surface area contributed by atoms with Crippen LogP contribution in [0.5, 0.6) is 0 Å². The summed E-state index contributed by atoms with van der Waals surface area (Å²) in [6, 6.07) is 0. The summed E-state index contributed by atoms with van der Waals surface area (Å²) in [5.41, 5.74) is 0. The van der Waals surface area contributed by atoms with Crippen molar-refractivity contribution in [2.45, 2.75) is 20.3 Å². The molecule has 0 saturated heterocycles. The summed E-state index contributed by atoms with van der Waals surface area (Å²) in [6.07, 6.45) is 2.37. The number of hydrogen-bond donors (Lipinski definition) is 2. The molecular weight excluding hydrogens is 167 g/mol. The van der Waals surface area contributed by atoms with Gasteiger partial charge in [0.25, 0.3) is 0 Å². The third kappa shape index (κ3) is 25.8. The molecule has 0 fully saturated rings. The number of phosphoric ester groups is 1. The maximum absolute atomic E-state index is 9.86. The third-order valence-corrected chi connectivity index (χ3v) is 0.983. The SMILES string of the molecule is C=CC.CCCOP(=O)(O)O. The highest BCUT2D eigenvalue weighted by Crippen LogP contribution is 2.35. The third-order valence-electron chi connectivity index (χ3n) is 0.464. The average molecular weight is 182 g/mol. The first kappa shape index (κ1) is 13.4. The minimum Gasteiger partial charge on any atom is -0.303 e. The van der Waals surface area contributed by atoms with Gasteiger partial charge in [-0.1, -0.05) is 13.0 Å². The van der Waals surface area contributed by atoms with Crippen LogP contribution in [-0.4, -0.2) is 16.4 Å². The van der Waals surface area contributed by atoms with Crippen LogP contribution < -0.4 is 0 Å². The Labute approximate surface area is 67.1 Å². The van der Waals surface area contributed by atoms with Crippen molar-refractivity contribution in [3.05, 3.63) is 12.7 Å². The van der Waals surface area contributed by atoms with Crippen molar-refractivity contribution in [2.24, 2.45) is 0 Å². The van der Waals surface area contributed by atoms with E-state index in [-0.39, 0.29) is 6.61 Å². The van der Waals surface area contributed by atoms with E-state index >= 15 is 0 Å². The normalized spacial score (nSPS) is 9.82. The molecule has 0 amide bonds. The van der Waals surface area contributed by atoms with Gasteiger partial charge in [0.1, 0.15) is 0 Å². The van der Waals surface area contributed by atoms with Crippen molar-refractivity contribution in [2.75, 3.05) is 6.61 Å². The molecule has 0 aliphatic carbocycles. The monoisotopic (exact) mass is 182 g/mol. The fraction of sp³-hybridized carbons (Fsp3) is 0.667. The predicted octanol–water partition coefficient (Wildman–Crippen LogP) is 1.70. The van der Waals surface area contributed by atoms with Gasteiger partial charge in [0.2, 0.25) is 0 Å².